The minimum absolute atomic E-state index is 0.0265. The second kappa shape index (κ2) is 6.89. The maximum atomic E-state index is 13.7. The van der Waals surface area contributed by atoms with Gasteiger partial charge in [-0.15, -0.1) is 0 Å². The van der Waals surface area contributed by atoms with Gasteiger partial charge in [0.15, 0.2) is 0 Å². The van der Waals surface area contributed by atoms with E-state index in [-0.39, 0.29) is 23.8 Å². The van der Waals surface area contributed by atoms with Gasteiger partial charge in [-0.2, -0.15) is 0 Å². The Morgan fingerprint density at radius 2 is 2.19 bits per heavy atom. The Labute approximate surface area is 127 Å². The van der Waals surface area contributed by atoms with E-state index >= 15 is 0 Å². The first kappa shape index (κ1) is 15.8. The number of piperidine rings is 1. The highest BCUT2D eigenvalue weighted by atomic mass is 35.5. The highest BCUT2D eigenvalue weighted by molar-refractivity contribution is 6.31. The van der Waals surface area contributed by atoms with E-state index in [1.54, 1.807) is 4.90 Å². The van der Waals surface area contributed by atoms with Gasteiger partial charge in [-0.3, -0.25) is 9.59 Å². The Kier molecular flexibility index (Phi) is 5.17. The number of carbonyl (C=O) groups excluding carboxylic acids is 1. The molecule has 4 nitrogen and oxygen atoms in total. The van der Waals surface area contributed by atoms with Crippen molar-refractivity contribution in [3.05, 3.63) is 34.6 Å². The summed E-state index contributed by atoms with van der Waals surface area (Å²) in [4.78, 5) is 24.6. The quantitative estimate of drug-likeness (QED) is 0.928. The SMILES string of the molecule is O=C(O)CC[C@H]1CCCN(C(=O)c2cc(Cl)ccc2F)C1. The number of hydrogen-bond donors (Lipinski definition) is 1. The molecule has 0 unspecified atom stereocenters. The van der Waals surface area contributed by atoms with Gasteiger partial charge >= 0.3 is 5.97 Å². The van der Waals surface area contributed by atoms with Gasteiger partial charge in [-0.1, -0.05) is 11.6 Å². The van der Waals surface area contributed by atoms with Crippen LogP contribution in [0, 0.1) is 11.7 Å². The van der Waals surface area contributed by atoms with Crippen LogP contribution in [-0.4, -0.2) is 35.0 Å². The van der Waals surface area contributed by atoms with Crippen LogP contribution in [0.15, 0.2) is 18.2 Å². The van der Waals surface area contributed by atoms with Gasteiger partial charge < -0.3 is 10.0 Å². The Bertz CT molecular complexity index is 550. The van der Waals surface area contributed by atoms with Gasteiger partial charge in [0.1, 0.15) is 5.82 Å². The molecule has 21 heavy (non-hydrogen) atoms. The highest BCUT2D eigenvalue weighted by Gasteiger charge is 2.26. The molecule has 1 fully saturated rings. The van der Waals surface area contributed by atoms with E-state index in [2.05, 4.69) is 0 Å². The molecule has 0 saturated carbocycles. The van der Waals surface area contributed by atoms with Crippen molar-refractivity contribution >= 4 is 23.5 Å². The van der Waals surface area contributed by atoms with Crippen molar-refractivity contribution in [1.82, 2.24) is 4.90 Å². The molecular formula is C15H17ClFNO3. The molecule has 0 aromatic heterocycles. The number of halogens is 2. The summed E-state index contributed by atoms with van der Waals surface area (Å²) in [6, 6.07) is 3.92. The van der Waals surface area contributed by atoms with E-state index < -0.39 is 11.8 Å². The lowest BCUT2D eigenvalue weighted by Crippen LogP contribution is -2.40. The average molecular weight is 314 g/mol. The van der Waals surface area contributed by atoms with Crippen LogP contribution < -0.4 is 0 Å². The third-order valence-electron chi connectivity index (χ3n) is 3.73. The van der Waals surface area contributed by atoms with Crippen LogP contribution in [0.25, 0.3) is 0 Å². The highest BCUT2D eigenvalue weighted by Crippen LogP contribution is 2.24. The van der Waals surface area contributed by atoms with Crippen molar-refractivity contribution in [3.63, 3.8) is 0 Å². The topological polar surface area (TPSA) is 57.6 Å². The lowest BCUT2D eigenvalue weighted by Gasteiger charge is -2.32. The van der Waals surface area contributed by atoms with Gasteiger partial charge in [-0.25, -0.2) is 4.39 Å². The summed E-state index contributed by atoms with van der Waals surface area (Å²) in [7, 11) is 0. The standard InChI is InChI=1S/C15H17ClFNO3/c16-11-4-5-13(17)12(8-11)15(21)18-7-1-2-10(9-18)3-6-14(19)20/h4-5,8,10H,1-3,6-7,9H2,(H,19,20)/t10-/m1/s1. The van der Waals surface area contributed by atoms with Crippen molar-refractivity contribution in [3.8, 4) is 0 Å². The molecule has 1 aliphatic heterocycles. The third kappa shape index (κ3) is 4.17. The molecule has 0 spiro atoms. The van der Waals surface area contributed by atoms with E-state index in [0.717, 1.165) is 12.8 Å². The normalized spacial score (nSPS) is 18.6. The van der Waals surface area contributed by atoms with Gasteiger partial charge in [0.2, 0.25) is 0 Å². The fraction of sp³-hybridized carbons (Fsp3) is 0.467. The fourth-order valence-corrected chi connectivity index (χ4v) is 2.82. The summed E-state index contributed by atoms with van der Waals surface area (Å²) in [5.41, 5.74) is -0.0265. The molecule has 6 heteroatoms. The first-order chi connectivity index (χ1) is 9.97. The van der Waals surface area contributed by atoms with E-state index in [4.69, 9.17) is 16.7 Å². The van der Waals surface area contributed by atoms with Crippen LogP contribution in [0.4, 0.5) is 4.39 Å². The molecule has 1 aromatic carbocycles. The summed E-state index contributed by atoms with van der Waals surface area (Å²) < 4.78 is 13.7. The number of carboxylic acids is 1. The molecule has 114 valence electrons. The molecule has 2 rings (SSSR count). The second-order valence-electron chi connectivity index (χ2n) is 5.32. The van der Waals surface area contributed by atoms with Crippen LogP contribution in [0.1, 0.15) is 36.0 Å². The Hall–Kier alpha value is -1.62. The smallest absolute Gasteiger partial charge is 0.303 e. The van der Waals surface area contributed by atoms with Crippen molar-refractivity contribution < 1.29 is 19.1 Å². The monoisotopic (exact) mass is 313 g/mol. The van der Waals surface area contributed by atoms with Crippen LogP contribution in [0.3, 0.4) is 0 Å². The number of amides is 1. The van der Waals surface area contributed by atoms with E-state index in [1.165, 1.54) is 18.2 Å². The number of likely N-dealkylation sites (tertiary alicyclic amines) is 1. The van der Waals surface area contributed by atoms with Crippen LogP contribution >= 0.6 is 11.6 Å². The molecule has 1 atom stereocenters. The molecule has 1 N–H and O–H groups in total. The zero-order valence-electron chi connectivity index (χ0n) is 11.5. The first-order valence-corrected chi connectivity index (χ1v) is 7.31. The van der Waals surface area contributed by atoms with E-state index in [0.29, 0.717) is 24.5 Å². The fourth-order valence-electron chi connectivity index (χ4n) is 2.64. The molecular weight excluding hydrogens is 297 g/mol. The number of carboxylic acid groups (broad SMARTS) is 1. The van der Waals surface area contributed by atoms with Crippen molar-refractivity contribution in [2.45, 2.75) is 25.7 Å². The number of benzene rings is 1. The van der Waals surface area contributed by atoms with Gasteiger partial charge in [0.05, 0.1) is 5.56 Å². The number of hydrogen-bond acceptors (Lipinski definition) is 2. The van der Waals surface area contributed by atoms with Crippen molar-refractivity contribution in [1.29, 1.82) is 0 Å². The Morgan fingerprint density at radius 1 is 1.43 bits per heavy atom. The van der Waals surface area contributed by atoms with Crippen LogP contribution in [0.2, 0.25) is 5.02 Å². The first-order valence-electron chi connectivity index (χ1n) is 6.93. The van der Waals surface area contributed by atoms with Gasteiger partial charge in [0.25, 0.3) is 5.91 Å². The van der Waals surface area contributed by atoms with Gasteiger partial charge in [-0.05, 0) is 43.4 Å². The molecule has 1 heterocycles. The zero-order valence-corrected chi connectivity index (χ0v) is 12.3. The molecule has 1 saturated heterocycles. The minimum Gasteiger partial charge on any atom is -0.481 e. The zero-order chi connectivity index (χ0) is 15.4. The maximum Gasteiger partial charge on any atom is 0.303 e. The predicted molar refractivity (Wildman–Crippen MR) is 76.9 cm³/mol. The maximum absolute atomic E-state index is 13.7. The average Bonchev–Trinajstić information content (AvgIpc) is 2.47. The van der Waals surface area contributed by atoms with E-state index in [1.807, 2.05) is 0 Å². The van der Waals surface area contributed by atoms with Crippen molar-refractivity contribution in [2.75, 3.05) is 13.1 Å². The molecule has 1 aromatic rings. The summed E-state index contributed by atoms with van der Waals surface area (Å²) >= 11 is 5.81. The lowest BCUT2D eigenvalue weighted by atomic mass is 9.93. The molecule has 1 amide bonds. The Balaban J connectivity index is 2.05. The molecule has 0 bridgehead atoms. The minimum atomic E-state index is -0.834. The summed E-state index contributed by atoms with van der Waals surface area (Å²) in [5.74, 6) is -1.65. The lowest BCUT2D eigenvalue weighted by molar-refractivity contribution is -0.137. The number of rotatable bonds is 4. The largest absolute Gasteiger partial charge is 0.481 e. The summed E-state index contributed by atoms with van der Waals surface area (Å²) in [5, 5.41) is 9.04. The Morgan fingerprint density at radius 3 is 2.90 bits per heavy atom. The number of carbonyl (C=O) groups is 2. The molecule has 0 aliphatic carbocycles. The number of aliphatic carboxylic acids is 1. The van der Waals surface area contributed by atoms with Crippen molar-refractivity contribution in [2.24, 2.45) is 5.92 Å². The second-order valence-corrected chi connectivity index (χ2v) is 5.75. The molecule has 1 aliphatic rings. The predicted octanol–water partition coefficient (Wildman–Crippen LogP) is 3.20. The van der Waals surface area contributed by atoms with E-state index in [9.17, 15) is 14.0 Å². The molecule has 0 radical (unpaired) electrons. The van der Waals surface area contributed by atoms with Crippen LogP contribution in [0.5, 0.6) is 0 Å². The third-order valence-corrected chi connectivity index (χ3v) is 3.97. The van der Waals surface area contributed by atoms with Crippen LogP contribution in [-0.2, 0) is 4.79 Å². The van der Waals surface area contributed by atoms with Gasteiger partial charge in [0, 0.05) is 24.5 Å². The summed E-state index contributed by atoms with van der Waals surface area (Å²) in [6.45, 7) is 1.03. The number of nitrogens with zero attached hydrogens (tertiary/aromatic N) is 1. The summed E-state index contributed by atoms with van der Waals surface area (Å²) in [6.07, 6.45) is 2.34.